The van der Waals surface area contributed by atoms with Gasteiger partial charge in [0.25, 0.3) is 0 Å². The van der Waals surface area contributed by atoms with Gasteiger partial charge in [-0.1, -0.05) is 18.2 Å². The van der Waals surface area contributed by atoms with E-state index in [0.29, 0.717) is 71.1 Å². The Balaban J connectivity index is 1.71. The van der Waals surface area contributed by atoms with Gasteiger partial charge in [0.05, 0.1) is 10.5 Å². The van der Waals surface area contributed by atoms with Crippen molar-refractivity contribution in [3.05, 3.63) is 71.8 Å². The van der Waals surface area contributed by atoms with Gasteiger partial charge in [0.1, 0.15) is 29.8 Å². The molecule has 1 amide bonds. The number of allylic oxidation sites excluding steroid dienone is 1. The number of carbonyl (C=O) groups is 1. The molecule has 1 fully saturated rings. The Bertz CT molecular complexity index is 1370. The predicted octanol–water partition coefficient (Wildman–Crippen LogP) is 5.06. The number of amides is 1. The molecule has 4 N–H and O–H groups in total. The molecule has 8 nitrogen and oxygen atoms in total. The number of hydrogen-bond acceptors (Lipinski definition) is 7. The molecule has 0 bridgehead atoms. The number of carbonyl (C=O) groups excluding carboxylic acids is 1. The van der Waals surface area contributed by atoms with Crippen molar-refractivity contribution in [2.24, 2.45) is 5.73 Å². The first kappa shape index (κ1) is 25.1. The molecule has 3 aromatic rings. The Morgan fingerprint density at radius 1 is 1.31 bits per heavy atom. The molecule has 0 atom stereocenters. The van der Waals surface area contributed by atoms with Gasteiger partial charge in [-0.2, -0.15) is 0 Å². The standard InChI is InChI=1S/C26H26ClFN6O2/c1-3-25(35)34-8-6-17(7-9-34)36-24-13-19-23(12-18(24)22(30)10-15(2)29)31-14-32-26(19)33-16-4-5-21(28)20(27)11-16/h3-5,10-14,17,29H,1,6-9,30H2,2H3,(H,31,32,33)/b22-10-,29-15?. The number of benzene rings is 2. The van der Waals surface area contributed by atoms with Gasteiger partial charge in [0.15, 0.2) is 0 Å². The van der Waals surface area contributed by atoms with Gasteiger partial charge in [-0.05, 0) is 49.4 Å². The number of aromatic nitrogens is 2. The lowest BCUT2D eigenvalue weighted by atomic mass is 10.0. The molecule has 0 spiro atoms. The van der Waals surface area contributed by atoms with Crippen LogP contribution in [0.2, 0.25) is 5.02 Å². The molecule has 1 aliphatic heterocycles. The second-order valence-corrected chi connectivity index (χ2v) is 8.88. The fourth-order valence-electron chi connectivity index (χ4n) is 4.03. The summed E-state index contributed by atoms with van der Waals surface area (Å²) < 4.78 is 20.0. The Kier molecular flexibility index (Phi) is 7.49. The van der Waals surface area contributed by atoms with Crippen LogP contribution < -0.4 is 15.8 Å². The number of nitrogens with one attached hydrogen (secondary N) is 2. The van der Waals surface area contributed by atoms with Crippen LogP contribution in [-0.4, -0.2) is 45.7 Å². The van der Waals surface area contributed by atoms with Gasteiger partial charge in [-0.3, -0.25) is 4.79 Å². The number of piperidine rings is 1. The van der Waals surface area contributed by atoms with Crippen LogP contribution in [0.4, 0.5) is 15.9 Å². The van der Waals surface area contributed by atoms with Crippen LogP contribution in [-0.2, 0) is 4.79 Å². The summed E-state index contributed by atoms with van der Waals surface area (Å²) in [6.45, 7) is 6.31. The zero-order valence-electron chi connectivity index (χ0n) is 19.7. The minimum absolute atomic E-state index is 0.00845. The molecule has 1 saturated heterocycles. The summed E-state index contributed by atoms with van der Waals surface area (Å²) in [5, 5.41) is 11.6. The van der Waals surface area contributed by atoms with E-state index < -0.39 is 5.82 Å². The number of fused-ring (bicyclic) bond motifs is 1. The van der Waals surface area contributed by atoms with E-state index in [1.165, 1.54) is 24.5 Å². The van der Waals surface area contributed by atoms with Gasteiger partial charge in [-0.15, -0.1) is 0 Å². The van der Waals surface area contributed by atoms with Crippen LogP contribution in [0.5, 0.6) is 5.75 Å². The van der Waals surface area contributed by atoms with E-state index in [1.807, 2.05) is 0 Å². The molecule has 36 heavy (non-hydrogen) atoms. The highest BCUT2D eigenvalue weighted by atomic mass is 35.5. The second kappa shape index (κ2) is 10.7. The first-order valence-corrected chi connectivity index (χ1v) is 11.7. The summed E-state index contributed by atoms with van der Waals surface area (Å²) in [5.41, 5.74) is 8.77. The average Bonchev–Trinajstić information content (AvgIpc) is 2.86. The molecule has 0 radical (unpaired) electrons. The molecule has 1 aromatic heterocycles. The lowest BCUT2D eigenvalue weighted by Crippen LogP contribution is -2.41. The maximum absolute atomic E-state index is 13.6. The van der Waals surface area contributed by atoms with Gasteiger partial charge < -0.3 is 26.1 Å². The summed E-state index contributed by atoms with van der Waals surface area (Å²) in [4.78, 5) is 22.4. The molecule has 4 rings (SSSR count). The minimum atomic E-state index is -0.514. The highest BCUT2D eigenvalue weighted by Crippen LogP contribution is 2.34. The van der Waals surface area contributed by atoms with Crippen molar-refractivity contribution in [3.63, 3.8) is 0 Å². The maximum Gasteiger partial charge on any atom is 0.245 e. The molecular weight excluding hydrogens is 483 g/mol. The van der Waals surface area contributed by atoms with Crippen molar-refractivity contribution in [2.75, 3.05) is 18.4 Å². The molecule has 1 aliphatic rings. The summed E-state index contributed by atoms with van der Waals surface area (Å²) in [6, 6.07) is 7.91. The summed E-state index contributed by atoms with van der Waals surface area (Å²) in [7, 11) is 0. The molecule has 2 aromatic carbocycles. The number of likely N-dealkylation sites (tertiary alicyclic amines) is 1. The van der Waals surface area contributed by atoms with Crippen LogP contribution in [0.3, 0.4) is 0 Å². The fourth-order valence-corrected chi connectivity index (χ4v) is 4.21. The Morgan fingerprint density at radius 2 is 2.06 bits per heavy atom. The third kappa shape index (κ3) is 5.63. The minimum Gasteiger partial charge on any atom is -0.490 e. The van der Waals surface area contributed by atoms with Crippen LogP contribution in [0.1, 0.15) is 25.3 Å². The zero-order chi connectivity index (χ0) is 25.8. The van der Waals surface area contributed by atoms with Crippen LogP contribution >= 0.6 is 11.6 Å². The van der Waals surface area contributed by atoms with Gasteiger partial charge in [-0.25, -0.2) is 14.4 Å². The zero-order valence-corrected chi connectivity index (χ0v) is 20.5. The molecule has 10 heteroatoms. The normalized spacial score (nSPS) is 14.5. The average molecular weight is 509 g/mol. The molecule has 0 aliphatic carbocycles. The molecule has 0 unspecified atom stereocenters. The smallest absolute Gasteiger partial charge is 0.245 e. The lowest BCUT2D eigenvalue weighted by Gasteiger charge is -2.32. The number of rotatable bonds is 7. The quantitative estimate of drug-likeness (QED) is 0.303. The van der Waals surface area contributed by atoms with Crippen molar-refractivity contribution in [1.82, 2.24) is 14.9 Å². The van der Waals surface area contributed by atoms with Crippen molar-refractivity contribution in [2.45, 2.75) is 25.9 Å². The Labute approximate surface area is 213 Å². The number of ether oxygens (including phenoxy) is 1. The van der Waals surface area contributed by atoms with E-state index in [2.05, 4.69) is 21.9 Å². The van der Waals surface area contributed by atoms with Gasteiger partial charge >= 0.3 is 0 Å². The topological polar surface area (TPSA) is 117 Å². The van der Waals surface area contributed by atoms with E-state index in [-0.39, 0.29) is 17.0 Å². The number of anilines is 2. The first-order chi connectivity index (χ1) is 17.2. The first-order valence-electron chi connectivity index (χ1n) is 11.4. The van der Waals surface area contributed by atoms with E-state index in [9.17, 15) is 9.18 Å². The van der Waals surface area contributed by atoms with E-state index >= 15 is 0 Å². The second-order valence-electron chi connectivity index (χ2n) is 8.47. The lowest BCUT2D eigenvalue weighted by molar-refractivity contribution is -0.127. The van der Waals surface area contributed by atoms with Crippen LogP contribution in [0.15, 0.2) is 55.4 Å². The van der Waals surface area contributed by atoms with E-state index in [0.717, 1.165) is 0 Å². The Hall–Kier alpha value is -3.98. The maximum atomic E-state index is 13.6. The SMILES string of the molecule is C=CC(=O)N1CCC(Oc2cc3c(Nc4ccc(F)c(Cl)c4)ncnc3cc2/C(N)=C/C(C)=N)CC1. The van der Waals surface area contributed by atoms with Crippen molar-refractivity contribution < 1.29 is 13.9 Å². The van der Waals surface area contributed by atoms with Gasteiger partial charge in [0, 0.05) is 54.0 Å². The number of hydrogen-bond donors (Lipinski definition) is 3. The molecular formula is C26H26ClFN6O2. The fraction of sp³-hybridized carbons (Fsp3) is 0.231. The highest BCUT2D eigenvalue weighted by molar-refractivity contribution is 6.31. The third-order valence-electron chi connectivity index (χ3n) is 5.82. The highest BCUT2D eigenvalue weighted by Gasteiger charge is 2.24. The van der Waals surface area contributed by atoms with Crippen molar-refractivity contribution in [1.29, 1.82) is 5.41 Å². The predicted molar refractivity (Wildman–Crippen MR) is 140 cm³/mol. The number of nitrogens with zero attached hydrogens (tertiary/aromatic N) is 3. The van der Waals surface area contributed by atoms with Crippen LogP contribution in [0, 0.1) is 11.2 Å². The monoisotopic (exact) mass is 508 g/mol. The molecule has 2 heterocycles. The van der Waals surface area contributed by atoms with Crippen LogP contribution in [0.25, 0.3) is 16.6 Å². The largest absolute Gasteiger partial charge is 0.490 e. The van der Waals surface area contributed by atoms with E-state index in [4.69, 9.17) is 27.5 Å². The molecule has 186 valence electrons. The van der Waals surface area contributed by atoms with Gasteiger partial charge in [0.2, 0.25) is 5.91 Å². The number of halogens is 2. The summed E-state index contributed by atoms with van der Waals surface area (Å²) in [5.74, 6) is 0.388. The summed E-state index contributed by atoms with van der Waals surface area (Å²) in [6.07, 6.45) is 5.44. The number of nitrogens with two attached hydrogens (primary N) is 1. The van der Waals surface area contributed by atoms with Crippen molar-refractivity contribution in [3.8, 4) is 5.75 Å². The van der Waals surface area contributed by atoms with Crippen molar-refractivity contribution >= 4 is 51.3 Å². The third-order valence-corrected chi connectivity index (χ3v) is 6.11. The van der Waals surface area contributed by atoms with E-state index in [1.54, 1.807) is 36.1 Å². The molecule has 0 saturated carbocycles. The Morgan fingerprint density at radius 3 is 2.72 bits per heavy atom. The summed E-state index contributed by atoms with van der Waals surface area (Å²) >= 11 is 5.93.